The molecule has 1 N–H and O–H groups in total. The van der Waals surface area contributed by atoms with Crippen LogP contribution >= 0.6 is 0 Å². The SMILES string of the molecule is FC1(F)Oc2cccc([C@@H](Cc3ccccn3)c3cnc[nH]3)c2O1. The van der Waals surface area contributed by atoms with Crippen LogP contribution in [0.2, 0.25) is 0 Å². The molecule has 1 aliphatic rings. The van der Waals surface area contributed by atoms with E-state index >= 15 is 0 Å². The Kier molecular flexibility index (Phi) is 3.41. The highest BCUT2D eigenvalue weighted by Gasteiger charge is 2.45. The maximum atomic E-state index is 13.5. The number of nitrogens with zero attached hydrogens (tertiary/aromatic N) is 2. The van der Waals surface area contributed by atoms with E-state index in [9.17, 15) is 8.78 Å². The Morgan fingerprint density at radius 1 is 1.12 bits per heavy atom. The zero-order chi connectivity index (χ0) is 16.6. The molecule has 1 aliphatic heterocycles. The van der Waals surface area contributed by atoms with Crippen LogP contribution in [0.4, 0.5) is 8.78 Å². The predicted molar refractivity (Wildman–Crippen MR) is 81.0 cm³/mol. The zero-order valence-corrected chi connectivity index (χ0v) is 12.4. The van der Waals surface area contributed by atoms with E-state index in [0.29, 0.717) is 12.0 Å². The molecule has 1 atom stereocenters. The predicted octanol–water partition coefficient (Wildman–Crippen LogP) is 3.50. The molecule has 0 fully saturated rings. The van der Waals surface area contributed by atoms with Crippen molar-refractivity contribution >= 4 is 0 Å². The van der Waals surface area contributed by atoms with Gasteiger partial charge in [0.1, 0.15) is 0 Å². The number of aromatic amines is 1. The van der Waals surface area contributed by atoms with Crippen molar-refractivity contribution < 1.29 is 18.3 Å². The van der Waals surface area contributed by atoms with E-state index in [2.05, 4.69) is 19.7 Å². The van der Waals surface area contributed by atoms with Gasteiger partial charge in [-0.1, -0.05) is 18.2 Å². The van der Waals surface area contributed by atoms with Crippen molar-refractivity contribution in [1.29, 1.82) is 0 Å². The Labute approximate surface area is 136 Å². The van der Waals surface area contributed by atoms with Crippen molar-refractivity contribution in [3.8, 4) is 11.5 Å². The van der Waals surface area contributed by atoms with Gasteiger partial charge >= 0.3 is 6.29 Å². The van der Waals surface area contributed by atoms with Crippen LogP contribution < -0.4 is 9.47 Å². The summed E-state index contributed by atoms with van der Waals surface area (Å²) < 4.78 is 36.2. The molecule has 2 aromatic heterocycles. The van der Waals surface area contributed by atoms with Gasteiger partial charge in [0.15, 0.2) is 11.5 Å². The van der Waals surface area contributed by atoms with E-state index in [1.807, 2.05) is 18.2 Å². The number of pyridine rings is 1. The van der Waals surface area contributed by atoms with Crippen molar-refractivity contribution in [3.63, 3.8) is 0 Å². The summed E-state index contributed by atoms with van der Waals surface area (Å²) in [5.74, 6) is -0.184. The van der Waals surface area contributed by atoms with Gasteiger partial charge in [0, 0.05) is 41.7 Å². The van der Waals surface area contributed by atoms with Gasteiger partial charge in [0.05, 0.1) is 6.33 Å². The van der Waals surface area contributed by atoms with Gasteiger partial charge in [0.2, 0.25) is 0 Å². The van der Waals surface area contributed by atoms with E-state index in [4.69, 9.17) is 4.74 Å². The summed E-state index contributed by atoms with van der Waals surface area (Å²) in [7, 11) is 0. The van der Waals surface area contributed by atoms with Crippen LogP contribution in [0.5, 0.6) is 11.5 Å². The third-order valence-electron chi connectivity index (χ3n) is 3.87. The normalized spacial score (nSPS) is 16.1. The van der Waals surface area contributed by atoms with Gasteiger partial charge in [0.25, 0.3) is 0 Å². The largest absolute Gasteiger partial charge is 0.586 e. The van der Waals surface area contributed by atoms with Crippen molar-refractivity contribution in [3.05, 3.63) is 72.1 Å². The number of rotatable bonds is 4. The number of fused-ring (bicyclic) bond motifs is 1. The van der Waals surface area contributed by atoms with Crippen molar-refractivity contribution in [2.45, 2.75) is 18.6 Å². The molecular weight excluding hydrogens is 316 g/mol. The minimum Gasteiger partial charge on any atom is -0.395 e. The van der Waals surface area contributed by atoms with Crippen molar-refractivity contribution in [2.75, 3.05) is 0 Å². The molecule has 4 rings (SSSR count). The fourth-order valence-corrected chi connectivity index (χ4v) is 2.84. The lowest BCUT2D eigenvalue weighted by molar-refractivity contribution is -0.287. The summed E-state index contributed by atoms with van der Waals surface area (Å²) in [5, 5.41) is 0. The molecule has 0 spiro atoms. The molecule has 7 heteroatoms. The number of H-pyrrole nitrogens is 1. The molecule has 0 amide bonds. The topological polar surface area (TPSA) is 60.0 Å². The Bertz CT molecular complexity index is 838. The number of hydrogen-bond acceptors (Lipinski definition) is 4. The highest BCUT2D eigenvalue weighted by molar-refractivity contribution is 5.52. The molecule has 122 valence electrons. The van der Waals surface area contributed by atoms with Crippen LogP contribution in [0, 0.1) is 0 Å². The molecule has 24 heavy (non-hydrogen) atoms. The summed E-state index contributed by atoms with van der Waals surface area (Å²) in [5.41, 5.74) is 2.22. The number of alkyl halides is 2. The average Bonchev–Trinajstić information content (AvgIpc) is 3.19. The first-order chi connectivity index (χ1) is 11.6. The summed E-state index contributed by atoms with van der Waals surface area (Å²) in [6.07, 6.45) is 1.77. The van der Waals surface area contributed by atoms with E-state index in [-0.39, 0.29) is 17.4 Å². The zero-order valence-electron chi connectivity index (χ0n) is 12.4. The summed E-state index contributed by atoms with van der Waals surface area (Å²) in [6.45, 7) is 0. The summed E-state index contributed by atoms with van der Waals surface area (Å²) in [6, 6.07) is 10.5. The lowest BCUT2D eigenvalue weighted by Crippen LogP contribution is -2.26. The smallest absolute Gasteiger partial charge is 0.395 e. The third kappa shape index (κ3) is 2.68. The van der Waals surface area contributed by atoms with Crippen molar-refractivity contribution in [1.82, 2.24) is 15.0 Å². The minimum absolute atomic E-state index is 0.0306. The first-order valence-electron chi connectivity index (χ1n) is 7.39. The molecular formula is C17H13F2N3O2. The number of aromatic nitrogens is 3. The van der Waals surface area contributed by atoms with Crippen LogP contribution in [-0.2, 0) is 6.42 Å². The summed E-state index contributed by atoms with van der Waals surface area (Å²) in [4.78, 5) is 11.4. The lowest BCUT2D eigenvalue weighted by atomic mass is 9.90. The molecule has 0 aliphatic carbocycles. The Hall–Kier alpha value is -2.96. The number of benzene rings is 1. The monoisotopic (exact) mass is 329 g/mol. The maximum Gasteiger partial charge on any atom is 0.586 e. The molecule has 3 heterocycles. The Morgan fingerprint density at radius 3 is 2.79 bits per heavy atom. The number of nitrogens with one attached hydrogen (secondary N) is 1. The van der Waals surface area contributed by atoms with E-state index in [0.717, 1.165) is 11.4 Å². The fraction of sp³-hybridized carbons (Fsp3) is 0.176. The molecule has 5 nitrogen and oxygen atoms in total. The molecule has 0 saturated heterocycles. The third-order valence-corrected chi connectivity index (χ3v) is 3.87. The number of para-hydroxylation sites is 1. The van der Waals surface area contributed by atoms with Gasteiger partial charge in [-0.25, -0.2) is 4.98 Å². The van der Waals surface area contributed by atoms with Gasteiger partial charge < -0.3 is 14.5 Å². The number of imidazole rings is 1. The van der Waals surface area contributed by atoms with Crippen molar-refractivity contribution in [2.24, 2.45) is 0 Å². The first-order valence-corrected chi connectivity index (χ1v) is 7.39. The van der Waals surface area contributed by atoms with Crippen LogP contribution in [0.25, 0.3) is 0 Å². The number of ether oxygens (including phenoxy) is 2. The fourth-order valence-electron chi connectivity index (χ4n) is 2.84. The van der Waals surface area contributed by atoms with E-state index in [1.54, 1.807) is 30.9 Å². The molecule has 0 bridgehead atoms. The second kappa shape index (κ2) is 5.59. The lowest BCUT2D eigenvalue weighted by Gasteiger charge is -2.17. The molecule has 1 aromatic carbocycles. The van der Waals surface area contributed by atoms with Gasteiger partial charge in [-0.2, -0.15) is 0 Å². The average molecular weight is 329 g/mol. The first kappa shape index (κ1) is 14.6. The van der Waals surface area contributed by atoms with Crippen LogP contribution in [0.3, 0.4) is 0 Å². The molecule has 0 radical (unpaired) electrons. The molecule has 0 unspecified atom stereocenters. The standard InChI is InChI=1S/C17H13F2N3O2/c18-17(19)23-15-6-3-5-12(16(15)24-17)13(14-9-20-10-22-14)8-11-4-1-2-7-21-11/h1-7,9-10,13H,8H2,(H,20,22)/t13-/m1/s1. The quantitative estimate of drug-likeness (QED) is 0.796. The number of hydrogen-bond donors (Lipinski definition) is 1. The number of halogens is 2. The van der Waals surface area contributed by atoms with Gasteiger partial charge in [-0.05, 0) is 18.2 Å². The highest BCUT2D eigenvalue weighted by Crippen LogP contribution is 2.47. The minimum atomic E-state index is -3.65. The Balaban J connectivity index is 1.77. The maximum absolute atomic E-state index is 13.5. The molecule has 0 saturated carbocycles. The molecule has 3 aromatic rings. The Morgan fingerprint density at radius 2 is 2.04 bits per heavy atom. The van der Waals surface area contributed by atoms with Crippen LogP contribution in [0.15, 0.2) is 55.1 Å². The van der Waals surface area contributed by atoms with Crippen LogP contribution in [-0.4, -0.2) is 21.2 Å². The van der Waals surface area contributed by atoms with Gasteiger partial charge in [-0.15, -0.1) is 8.78 Å². The van der Waals surface area contributed by atoms with E-state index in [1.165, 1.54) is 6.07 Å². The second-order valence-electron chi connectivity index (χ2n) is 5.43. The highest BCUT2D eigenvalue weighted by atomic mass is 19.3. The van der Waals surface area contributed by atoms with E-state index < -0.39 is 6.29 Å². The van der Waals surface area contributed by atoms with Gasteiger partial charge in [-0.3, -0.25) is 4.98 Å². The van der Waals surface area contributed by atoms with Crippen LogP contribution in [0.1, 0.15) is 22.9 Å². The summed E-state index contributed by atoms with van der Waals surface area (Å²) >= 11 is 0. The second-order valence-corrected chi connectivity index (χ2v) is 5.43.